The van der Waals surface area contributed by atoms with Crippen LogP contribution in [0.15, 0.2) is 48.5 Å². The standard InChI is InChI=1S/C27H30FN5O5/c1-18(34)29-16-23-17-33(27(37)38-23)22-8-9-25(24(28)15-22)31-11-13-32(14-12-31)26(36)10-5-20-3-6-21(7-4-20)30-19(2)35/h3-10,15,23H,11-14,16-17H2,1-2H3,(H,29,34)(H,30,35)/b10-5+/t23-/m0/s1. The lowest BCUT2D eigenvalue weighted by Crippen LogP contribution is -2.48. The molecule has 200 valence electrons. The van der Waals surface area contributed by atoms with Gasteiger partial charge >= 0.3 is 6.09 Å². The molecule has 2 heterocycles. The molecule has 11 heteroatoms. The van der Waals surface area contributed by atoms with Crippen molar-refractivity contribution >= 4 is 47.0 Å². The van der Waals surface area contributed by atoms with Gasteiger partial charge in [-0.05, 0) is 42.0 Å². The Morgan fingerprint density at radius 3 is 2.37 bits per heavy atom. The summed E-state index contributed by atoms with van der Waals surface area (Å²) < 4.78 is 20.3. The van der Waals surface area contributed by atoms with Crippen LogP contribution in [-0.4, -0.2) is 74.1 Å². The molecule has 0 unspecified atom stereocenters. The van der Waals surface area contributed by atoms with Crippen LogP contribution >= 0.6 is 0 Å². The number of anilines is 3. The second kappa shape index (κ2) is 11.8. The summed E-state index contributed by atoms with van der Waals surface area (Å²) in [5, 5.41) is 5.30. The molecule has 1 atom stereocenters. The molecule has 10 nitrogen and oxygen atoms in total. The number of benzene rings is 2. The summed E-state index contributed by atoms with van der Waals surface area (Å²) in [6, 6.07) is 11.7. The number of carbonyl (C=O) groups excluding carboxylic acids is 4. The summed E-state index contributed by atoms with van der Waals surface area (Å²) in [6.07, 6.45) is 2.13. The summed E-state index contributed by atoms with van der Waals surface area (Å²) in [6.45, 7) is 5.04. The number of cyclic esters (lactones) is 1. The minimum Gasteiger partial charge on any atom is -0.442 e. The number of piperazine rings is 1. The minimum absolute atomic E-state index is 0.132. The van der Waals surface area contributed by atoms with Crippen molar-refractivity contribution in [3.63, 3.8) is 0 Å². The second-order valence-electron chi connectivity index (χ2n) is 9.14. The number of ether oxygens (including phenoxy) is 1. The fourth-order valence-corrected chi connectivity index (χ4v) is 4.34. The maximum atomic E-state index is 15.0. The zero-order chi connectivity index (χ0) is 27.2. The van der Waals surface area contributed by atoms with Gasteiger partial charge < -0.3 is 25.2 Å². The van der Waals surface area contributed by atoms with Gasteiger partial charge in [0.05, 0.1) is 24.5 Å². The SMILES string of the molecule is CC(=O)NC[C@H]1CN(c2ccc(N3CCN(C(=O)/C=C/c4ccc(NC(C)=O)cc4)CC3)c(F)c2)C(=O)O1. The summed E-state index contributed by atoms with van der Waals surface area (Å²) in [4.78, 5) is 52.0. The molecular formula is C27H30FN5O5. The Labute approximate surface area is 220 Å². The Morgan fingerprint density at radius 1 is 1.03 bits per heavy atom. The molecule has 4 amide bonds. The largest absolute Gasteiger partial charge is 0.442 e. The maximum Gasteiger partial charge on any atom is 0.414 e. The van der Waals surface area contributed by atoms with E-state index in [1.165, 1.54) is 30.9 Å². The third-order valence-corrected chi connectivity index (χ3v) is 6.28. The molecule has 2 saturated heterocycles. The lowest BCUT2D eigenvalue weighted by Gasteiger charge is -2.36. The van der Waals surface area contributed by atoms with Crippen LogP contribution in [-0.2, 0) is 19.1 Å². The van der Waals surface area contributed by atoms with Crippen molar-refractivity contribution in [1.82, 2.24) is 10.2 Å². The van der Waals surface area contributed by atoms with Gasteiger partial charge in [-0.3, -0.25) is 19.3 Å². The van der Waals surface area contributed by atoms with Crippen LogP contribution in [0.25, 0.3) is 6.08 Å². The van der Waals surface area contributed by atoms with E-state index < -0.39 is 18.0 Å². The van der Waals surface area contributed by atoms with Crippen LogP contribution in [0.3, 0.4) is 0 Å². The van der Waals surface area contributed by atoms with Crippen LogP contribution in [0.5, 0.6) is 0 Å². The van der Waals surface area contributed by atoms with Gasteiger partial charge in [0.1, 0.15) is 11.9 Å². The predicted octanol–water partition coefficient (Wildman–Crippen LogP) is 2.61. The van der Waals surface area contributed by atoms with E-state index in [1.54, 1.807) is 35.2 Å². The fourth-order valence-electron chi connectivity index (χ4n) is 4.34. The molecule has 0 bridgehead atoms. The molecule has 0 saturated carbocycles. The number of rotatable bonds is 7. The van der Waals surface area contributed by atoms with E-state index in [-0.39, 0.29) is 30.8 Å². The predicted molar refractivity (Wildman–Crippen MR) is 141 cm³/mol. The molecule has 4 rings (SSSR count). The third kappa shape index (κ3) is 6.67. The normalized spacial score (nSPS) is 17.5. The number of hydrogen-bond donors (Lipinski definition) is 2. The number of carbonyl (C=O) groups is 4. The number of amides is 4. The molecular weight excluding hydrogens is 493 g/mol. The number of hydrogen-bond acceptors (Lipinski definition) is 6. The Hall–Kier alpha value is -4.41. The molecule has 2 fully saturated rings. The molecule has 2 aromatic rings. The first kappa shape index (κ1) is 26.6. The Bertz CT molecular complexity index is 1240. The molecule has 2 N–H and O–H groups in total. The molecule has 2 aliphatic heterocycles. The van der Waals surface area contributed by atoms with Gasteiger partial charge in [0, 0.05) is 51.8 Å². The Balaban J connectivity index is 1.30. The highest BCUT2D eigenvalue weighted by atomic mass is 19.1. The van der Waals surface area contributed by atoms with E-state index in [0.29, 0.717) is 43.2 Å². The van der Waals surface area contributed by atoms with Crippen molar-refractivity contribution in [1.29, 1.82) is 0 Å². The summed E-state index contributed by atoms with van der Waals surface area (Å²) in [7, 11) is 0. The number of halogens is 1. The summed E-state index contributed by atoms with van der Waals surface area (Å²) in [5.41, 5.74) is 2.30. The van der Waals surface area contributed by atoms with Gasteiger partial charge in [0.2, 0.25) is 17.7 Å². The minimum atomic E-state index is -0.587. The smallest absolute Gasteiger partial charge is 0.414 e. The van der Waals surface area contributed by atoms with Gasteiger partial charge in [-0.15, -0.1) is 0 Å². The Kier molecular flexibility index (Phi) is 8.25. The zero-order valence-corrected chi connectivity index (χ0v) is 21.3. The average Bonchev–Trinajstić information content (AvgIpc) is 3.27. The lowest BCUT2D eigenvalue weighted by molar-refractivity contribution is -0.126. The first-order chi connectivity index (χ1) is 18.2. The molecule has 38 heavy (non-hydrogen) atoms. The van der Waals surface area contributed by atoms with E-state index >= 15 is 4.39 Å². The zero-order valence-electron chi connectivity index (χ0n) is 21.3. The first-order valence-corrected chi connectivity index (χ1v) is 12.3. The van der Waals surface area contributed by atoms with Gasteiger partial charge in [0.25, 0.3) is 0 Å². The third-order valence-electron chi connectivity index (χ3n) is 6.28. The number of nitrogens with one attached hydrogen (secondary N) is 2. The van der Waals surface area contributed by atoms with Crippen molar-refractivity contribution in [3.8, 4) is 0 Å². The monoisotopic (exact) mass is 523 g/mol. The van der Waals surface area contributed by atoms with Crippen molar-refractivity contribution in [2.24, 2.45) is 0 Å². The van der Waals surface area contributed by atoms with Crippen molar-refractivity contribution < 1.29 is 28.3 Å². The van der Waals surface area contributed by atoms with Crippen molar-refractivity contribution in [2.45, 2.75) is 20.0 Å². The molecule has 0 aromatic heterocycles. The van der Waals surface area contributed by atoms with Crippen molar-refractivity contribution in [2.75, 3.05) is 54.4 Å². The van der Waals surface area contributed by atoms with E-state index in [2.05, 4.69) is 10.6 Å². The van der Waals surface area contributed by atoms with Crippen LogP contribution < -0.4 is 20.4 Å². The molecule has 0 aliphatic carbocycles. The van der Waals surface area contributed by atoms with Crippen LogP contribution in [0.4, 0.5) is 26.2 Å². The van der Waals surface area contributed by atoms with Gasteiger partial charge in [-0.1, -0.05) is 12.1 Å². The topological polar surface area (TPSA) is 111 Å². The van der Waals surface area contributed by atoms with Crippen molar-refractivity contribution in [3.05, 3.63) is 59.9 Å². The molecule has 2 aliphatic rings. The lowest BCUT2D eigenvalue weighted by atomic mass is 10.1. The van der Waals surface area contributed by atoms with Crippen LogP contribution in [0.2, 0.25) is 0 Å². The maximum absolute atomic E-state index is 15.0. The fraction of sp³-hybridized carbons (Fsp3) is 0.333. The quantitative estimate of drug-likeness (QED) is 0.540. The van der Waals surface area contributed by atoms with Crippen LogP contribution in [0.1, 0.15) is 19.4 Å². The highest BCUT2D eigenvalue weighted by Crippen LogP contribution is 2.28. The molecule has 0 radical (unpaired) electrons. The first-order valence-electron chi connectivity index (χ1n) is 12.3. The van der Waals surface area contributed by atoms with Crippen LogP contribution in [0, 0.1) is 5.82 Å². The van der Waals surface area contributed by atoms with E-state index in [1.807, 2.05) is 17.0 Å². The van der Waals surface area contributed by atoms with E-state index in [9.17, 15) is 19.2 Å². The summed E-state index contributed by atoms with van der Waals surface area (Å²) >= 11 is 0. The van der Waals surface area contributed by atoms with Gasteiger partial charge in [-0.25, -0.2) is 9.18 Å². The van der Waals surface area contributed by atoms with E-state index in [0.717, 1.165) is 5.56 Å². The molecule has 2 aromatic carbocycles. The van der Waals surface area contributed by atoms with Gasteiger partial charge in [-0.2, -0.15) is 0 Å². The Morgan fingerprint density at radius 2 is 1.74 bits per heavy atom. The van der Waals surface area contributed by atoms with Gasteiger partial charge in [0.15, 0.2) is 0 Å². The number of nitrogens with zero attached hydrogens (tertiary/aromatic N) is 3. The summed E-state index contributed by atoms with van der Waals surface area (Å²) in [5.74, 6) is -0.971. The highest BCUT2D eigenvalue weighted by Gasteiger charge is 2.33. The highest BCUT2D eigenvalue weighted by molar-refractivity contribution is 5.92. The molecule has 0 spiro atoms. The van der Waals surface area contributed by atoms with E-state index in [4.69, 9.17) is 4.74 Å². The average molecular weight is 524 g/mol. The second-order valence-corrected chi connectivity index (χ2v) is 9.14.